The van der Waals surface area contributed by atoms with Crippen molar-refractivity contribution < 1.29 is 4.79 Å². The van der Waals surface area contributed by atoms with Crippen LogP contribution in [0.15, 0.2) is 40.9 Å². The third-order valence-electron chi connectivity index (χ3n) is 2.61. The van der Waals surface area contributed by atoms with Crippen LogP contribution in [-0.2, 0) is 0 Å². The van der Waals surface area contributed by atoms with E-state index in [4.69, 9.17) is 23.2 Å². The molecule has 0 heterocycles. The second-order valence-electron chi connectivity index (χ2n) is 4.04. The number of rotatable bonds is 2. The number of halogens is 3. The highest BCUT2D eigenvalue weighted by molar-refractivity contribution is 9.10. The lowest BCUT2D eigenvalue weighted by Crippen LogP contribution is -2.13. The number of carbonyl (C=O) groups is 1. The Balaban J connectivity index is 2.25. The van der Waals surface area contributed by atoms with E-state index in [1.54, 1.807) is 36.4 Å². The highest BCUT2D eigenvalue weighted by Crippen LogP contribution is 2.26. The van der Waals surface area contributed by atoms with Gasteiger partial charge in [0.25, 0.3) is 5.91 Å². The van der Waals surface area contributed by atoms with Crippen molar-refractivity contribution in [2.75, 3.05) is 5.32 Å². The van der Waals surface area contributed by atoms with Gasteiger partial charge in [0.05, 0.1) is 5.69 Å². The molecule has 98 valence electrons. The Hall–Kier alpha value is -1.03. The van der Waals surface area contributed by atoms with Gasteiger partial charge < -0.3 is 5.32 Å². The van der Waals surface area contributed by atoms with Crippen LogP contribution < -0.4 is 5.32 Å². The number of nitrogens with one attached hydrogen (secondary N) is 1. The molecule has 0 saturated carbocycles. The van der Waals surface area contributed by atoms with Crippen molar-refractivity contribution in [1.29, 1.82) is 0 Å². The average molecular weight is 359 g/mol. The molecule has 5 heteroatoms. The van der Waals surface area contributed by atoms with Gasteiger partial charge in [0.2, 0.25) is 0 Å². The summed E-state index contributed by atoms with van der Waals surface area (Å²) in [6.07, 6.45) is 0. The van der Waals surface area contributed by atoms with Crippen LogP contribution in [0, 0.1) is 6.92 Å². The second-order valence-corrected chi connectivity index (χ2v) is 5.76. The van der Waals surface area contributed by atoms with Crippen LogP contribution >= 0.6 is 39.1 Å². The lowest BCUT2D eigenvalue weighted by Gasteiger charge is -2.09. The Kier molecular flexibility index (Phi) is 4.50. The zero-order chi connectivity index (χ0) is 14.0. The van der Waals surface area contributed by atoms with Gasteiger partial charge in [-0.05, 0) is 64.8 Å². The van der Waals surface area contributed by atoms with Crippen LogP contribution in [0.4, 0.5) is 5.69 Å². The van der Waals surface area contributed by atoms with Crippen LogP contribution in [0.2, 0.25) is 10.0 Å². The van der Waals surface area contributed by atoms with Crippen LogP contribution in [0.3, 0.4) is 0 Å². The smallest absolute Gasteiger partial charge is 0.255 e. The topological polar surface area (TPSA) is 29.1 Å². The standard InChI is InChI=1S/C14H10BrCl2NO/c1-8-6-9(16)2-4-11(8)14(19)18-13-5-3-10(17)7-12(13)15/h2-7H,1H3,(H,18,19). The fourth-order valence-electron chi connectivity index (χ4n) is 1.66. The molecule has 0 aliphatic rings. The first-order valence-electron chi connectivity index (χ1n) is 5.50. The number of aryl methyl sites for hydroxylation is 1. The van der Waals surface area contributed by atoms with Crippen molar-refractivity contribution in [1.82, 2.24) is 0 Å². The minimum Gasteiger partial charge on any atom is -0.321 e. The maximum Gasteiger partial charge on any atom is 0.255 e. The van der Waals surface area contributed by atoms with Gasteiger partial charge in [-0.2, -0.15) is 0 Å². The fraction of sp³-hybridized carbons (Fsp3) is 0.0714. The first-order valence-corrected chi connectivity index (χ1v) is 7.05. The van der Waals surface area contributed by atoms with Crippen molar-refractivity contribution >= 4 is 50.7 Å². The Morgan fingerprint density at radius 2 is 1.74 bits per heavy atom. The first-order chi connectivity index (χ1) is 8.97. The molecule has 0 aliphatic heterocycles. The molecule has 0 radical (unpaired) electrons. The van der Waals surface area contributed by atoms with E-state index in [-0.39, 0.29) is 5.91 Å². The number of carbonyl (C=O) groups excluding carboxylic acids is 1. The summed E-state index contributed by atoms with van der Waals surface area (Å²) in [4.78, 5) is 12.2. The van der Waals surface area contributed by atoms with E-state index >= 15 is 0 Å². The van der Waals surface area contributed by atoms with Crippen molar-refractivity contribution in [3.8, 4) is 0 Å². The van der Waals surface area contributed by atoms with E-state index in [1.165, 1.54) is 0 Å². The van der Waals surface area contributed by atoms with Gasteiger partial charge in [0.1, 0.15) is 0 Å². The molecule has 0 bridgehead atoms. The SMILES string of the molecule is Cc1cc(Cl)ccc1C(=O)Nc1ccc(Cl)cc1Br. The summed E-state index contributed by atoms with van der Waals surface area (Å²) < 4.78 is 0.736. The number of anilines is 1. The zero-order valence-corrected chi connectivity index (χ0v) is 13.1. The van der Waals surface area contributed by atoms with E-state index < -0.39 is 0 Å². The summed E-state index contributed by atoms with van der Waals surface area (Å²) >= 11 is 15.1. The van der Waals surface area contributed by atoms with Crippen LogP contribution in [0.25, 0.3) is 0 Å². The van der Waals surface area contributed by atoms with Gasteiger partial charge >= 0.3 is 0 Å². The molecule has 1 N–H and O–H groups in total. The average Bonchev–Trinajstić information content (AvgIpc) is 2.32. The van der Waals surface area contributed by atoms with Gasteiger partial charge in [0.15, 0.2) is 0 Å². The molecule has 1 amide bonds. The van der Waals surface area contributed by atoms with Gasteiger partial charge in [-0.1, -0.05) is 23.2 Å². The number of hydrogen-bond donors (Lipinski definition) is 1. The summed E-state index contributed by atoms with van der Waals surface area (Å²) in [6.45, 7) is 1.84. The normalized spacial score (nSPS) is 10.3. The Bertz CT molecular complexity index is 643. The molecule has 0 atom stereocenters. The molecule has 2 rings (SSSR count). The molecule has 0 aliphatic carbocycles. The molecule has 2 aromatic carbocycles. The molecule has 2 aromatic rings. The van der Waals surface area contributed by atoms with Gasteiger partial charge in [-0.15, -0.1) is 0 Å². The molecule has 0 fully saturated rings. The van der Waals surface area contributed by atoms with E-state index in [2.05, 4.69) is 21.2 Å². The quantitative estimate of drug-likeness (QED) is 0.773. The van der Waals surface area contributed by atoms with Gasteiger partial charge in [0, 0.05) is 20.1 Å². The number of amides is 1. The molecule has 0 aromatic heterocycles. The highest BCUT2D eigenvalue weighted by Gasteiger charge is 2.11. The Morgan fingerprint density at radius 1 is 1.11 bits per heavy atom. The van der Waals surface area contributed by atoms with Crippen LogP contribution in [-0.4, -0.2) is 5.91 Å². The predicted molar refractivity (Wildman–Crippen MR) is 83.3 cm³/mol. The van der Waals surface area contributed by atoms with Crippen molar-refractivity contribution in [2.24, 2.45) is 0 Å². The summed E-state index contributed by atoms with van der Waals surface area (Å²) in [5.74, 6) is -0.183. The molecule has 0 spiro atoms. The van der Waals surface area contributed by atoms with Crippen LogP contribution in [0.1, 0.15) is 15.9 Å². The Labute approximate surface area is 129 Å². The van der Waals surface area contributed by atoms with Crippen molar-refractivity contribution in [3.63, 3.8) is 0 Å². The van der Waals surface area contributed by atoms with Gasteiger partial charge in [-0.25, -0.2) is 0 Å². The van der Waals surface area contributed by atoms with E-state index in [0.717, 1.165) is 10.0 Å². The molecule has 0 saturated heterocycles. The minimum absolute atomic E-state index is 0.183. The predicted octanol–water partition coefficient (Wildman–Crippen LogP) is 5.32. The Morgan fingerprint density at radius 3 is 2.37 bits per heavy atom. The second kappa shape index (κ2) is 5.95. The summed E-state index contributed by atoms with van der Waals surface area (Å²) in [7, 11) is 0. The molecule has 19 heavy (non-hydrogen) atoms. The third-order valence-corrected chi connectivity index (χ3v) is 3.74. The van der Waals surface area contributed by atoms with Crippen molar-refractivity contribution in [2.45, 2.75) is 6.92 Å². The fourth-order valence-corrected chi connectivity index (χ4v) is 2.67. The monoisotopic (exact) mass is 357 g/mol. The summed E-state index contributed by atoms with van der Waals surface area (Å²) in [5, 5.41) is 4.04. The van der Waals surface area contributed by atoms with E-state index in [9.17, 15) is 4.79 Å². The number of hydrogen-bond acceptors (Lipinski definition) is 1. The van der Waals surface area contributed by atoms with E-state index in [1.807, 2.05) is 6.92 Å². The lowest BCUT2D eigenvalue weighted by molar-refractivity contribution is 0.102. The largest absolute Gasteiger partial charge is 0.321 e. The molecular weight excluding hydrogens is 349 g/mol. The van der Waals surface area contributed by atoms with Gasteiger partial charge in [-0.3, -0.25) is 4.79 Å². The minimum atomic E-state index is -0.183. The van der Waals surface area contributed by atoms with Crippen LogP contribution in [0.5, 0.6) is 0 Å². The maximum absolute atomic E-state index is 12.2. The zero-order valence-electron chi connectivity index (χ0n) is 10.0. The van der Waals surface area contributed by atoms with E-state index in [0.29, 0.717) is 21.3 Å². The summed E-state index contributed by atoms with van der Waals surface area (Å²) in [6, 6.07) is 10.3. The molecule has 2 nitrogen and oxygen atoms in total. The summed E-state index contributed by atoms with van der Waals surface area (Å²) in [5.41, 5.74) is 2.09. The first kappa shape index (κ1) is 14.4. The lowest BCUT2D eigenvalue weighted by atomic mass is 10.1. The maximum atomic E-state index is 12.2. The molecular formula is C14H10BrCl2NO. The molecule has 0 unspecified atom stereocenters. The number of benzene rings is 2. The third kappa shape index (κ3) is 3.50. The van der Waals surface area contributed by atoms with Crippen molar-refractivity contribution in [3.05, 3.63) is 62.0 Å². The highest BCUT2D eigenvalue weighted by atomic mass is 79.9.